The van der Waals surface area contributed by atoms with Gasteiger partial charge in [0.25, 0.3) is 0 Å². The van der Waals surface area contributed by atoms with Crippen LogP contribution in [0, 0.1) is 0 Å². The Labute approximate surface area is 128 Å². The van der Waals surface area contributed by atoms with Crippen LogP contribution < -0.4 is 16.4 Å². The number of carboxylic acid groups (broad SMARTS) is 1. The van der Waals surface area contributed by atoms with E-state index in [0.717, 1.165) is 0 Å². The third-order valence-electron chi connectivity index (χ3n) is 3.44. The van der Waals surface area contributed by atoms with Crippen LogP contribution in [-0.2, 0) is 19.2 Å². The van der Waals surface area contributed by atoms with E-state index in [-0.39, 0.29) is 6.54 Å². The van der Waals surface area contributed by atoms with Crippen molar-refractivity contribution >= 4 is 23.7 Å². The lowest BCUT2D eigenvalue weighted by molar-refractivity contribution is -0.148. The fraction of sp³-hybridized carbons (Fsp3) is 0.692. The zero-order valence-corrected chi connectivity index (χ0v) is 12.7. The van der Waals surface area contributed by atoms with Gasteiger partial charge in [0.2, 0.25) is 17.7 Å². The van der Waals surface area contributed by atoms with Crippen LogP contribution in [0.3, 0.4) is 0 Å². The number of amides is 3. The Hall–Kier alpha value is -2.16. The molecular formula is C13H22N4O5. The summed E-state index contributed by atoms with van der Waals surface area (Å²) in [6.45, 7) is 3.02. The molecule has 5 N–H and O–H groups in total. The van der Waals surface area contributed by atoms with E-state index in [1.807, 2.05) is 0 Å². The van der Waals surface area contributed by atoms with Crippen molar-refractivity contribution in [3.8, 4) is 0 Å². The first-order valence-electron chi connectivity index (χ1n) is 7.10. The lowest BCUT2D eigenvalue weighted by atomic mass is 10.2. The molecule has 0 aliphatic carbocycles. The summed E-state index contributed by atoms with van der Waals surface area (Å²) in [5, 5.41) is 13.8. The Bertz CT molecular complexity index is 465. The molecule has 9 heteroatoms. The van der Waals surface area contributed by atoms with Crippen LogP contribution in [-0.4, -0.2) is 64.9 Å². The Morgan fingerprint density at radius 3 is 2.45 bits per heavy atom. The average Bonchev–Trinajstić information content (AvgIpc) is 2.93. The molecule has 3 atom stereocenters. The monoisotopic (exact) mass is 314 g/mol. The average molecular weight is 314 g/mol. The first-order chi connectivity index (χ1) is 10.2. The summed E-state index contributed by atoms with van der Waals surface area (Å²) in [6, 6.07) is -2.41. The second-order valence-corrected chi connectivity index (χ2v) is 5.32. The minimum Gasteiger partial charge on any atom is -0.480 e. The van der Waals surface area contributed by atoms with Crippen molar-refractivity contribution in [2.24, 2.45) is 5.73 Å². The molecule has 1 aliphatic rings. The van der Waals surface area contributed by atoms with E-state index in [0.29, 0.717) is 19.4 Å². The summed E-state index contributed by atoms with van der Waals surface area (Å²) in [4.78, 5) is 47.4. The third kappa shape index (κ3) is 4.69. The molecule has 1 aliphatic heterocycles. The molecular weight excluding hydrogens is 292 g/mol. The van der Waals surface area contributed by atoms with E-state index >= 15 is 0 Å². The smallest absolute Gasteiger partial charge is 0.326 e. The zero-order chi connectivity index (χ0) is 16.9. The van der Waals surface area contributed by atoms with Crippen LogP contribution in [0.25, 0.3) is 0 Å². The summed E-state index contributed by atoms with van der Waals surface area (Å²) in [7, 11) is 0. The maximum Gasteiger partial charge on any atom is 0.326 e. The molecule has 1 saturated heterocycles. The van der Waals surface area contributed by atoms with Gasteiger partial charge in [-0.3, -0.25) is 14.4 Å². The van der Waals surface area contributed by atoms with Gasteiger partial charge in [-0.05, 0) is 26.7 Å². The molecule has 1 rings (SSSR count). The summed E-state index contributed by atoms with van der Waals surface area (Å²) in [6.07, 6.45) is 1.04. The van der Waals surface area contributed by atoms with Gasteiger partial charge in [-0.1, -0.05) is 0 Å². The van der Waals surface area contributed by atoms with Gasteiger partial charge in [-0.25, -0.2) is 4.79 Å². The van der Waals surface area contributed by atoms with E-state index in [2.05, 4.69) is 10.6 Å². The van der Waals surface area contributed by atoms with E-state index in [4.69, 9.17) is 10.8 Å². The minimum atomic E-state index is -1.05. The molecule has 0 bridgehead atoms. The molecule has 0 radical (unpaired) electrons. The molecule has 0 saturated carbocycles. The molecule has 3 unspecified atom stereocenters. The Morgan fingerprint density at radius 1 is 1.27 bits per heavy atom. The molecule has 1 fully saturated rings. The summed E-state index contributed by atoms with van der Waals surface area (Å²) in [5.74, 6) is -2.51. The number of carbonyl (C=O) groups excluding carboxylic acids is 3. The first kappa shape index (κ1) is 17.9. The number of nitrogens with one attached hydrogen (secondary N) is 2. The van der Waals surface area contributed by atoms with E-state index in [1.54, 1.807) is 0 Å². The van der Waals surface area contributed by atoms with Crippen molar-refractivity contribution < 1.29 is 24.3 Å². The SMILES string of the molecule is CC(N)C(=O)NC(C)C(=O)NCC(=O)N1CCCC1C(=O)O. The highest BCUT2D eigenvalue weighted by atomic mass is 16.4. The Kier molecular flexibility index (Phi) is 6.29. The minimum absolute atomic E-state index is 0.305. The lowest BCUT2D eigenvalue weighted by Gasteiger charge is -2.22. The number of nitrogens with zero attached hydrogens (tertiary/aromatic N) is 1. The molecule has 0 aromatic carbocycles. The zero-order valence-electron chi connectivity index (χ0n) is 12.7. The second kappa shape index (κ2) is 7.74. The number of hydrogen-bond donors (Lipinski definition) is 4. The van der Waals surface area contributed by atoms with Gasteiger partial charge < -0.3 is 26.4 Å². The maximum absolute atomic E-state index is 12.0. The number of hydrogen-bond acceptors (Lipinski definition) is 5. The van der Waals surface area contributed by atoms with Crippen LogP contribution in [0.1, 0.15) is 26.7 Å². The molecule has 0 aromatic heterocycles. The molecule has 0 aromatic rings. The highest BCUT2D eigenvalue weighted by Gasteiger charge is 2.33. The van der Waals surface area contributed by atoms with Gasteiger partial charge in [0.15, 0.2) is 0 Å². The molecule has 9 nitrogen and oxygen atoms in total. The molecule has 124 valence electrons. The standard InChI is InChI=1S/C13H22N4O5/c1-7(14)11(19)16-8(2)12(20)15-6-10(18)17-5-3-4-9(17)13(21)22/h7-9H,3-6,14H2,1-2H3,(H,15,20)(H,16,19)(H,21,22). The van der Waals surface area contributed by atoms with Crippen molar-refractivity contribution in [2.75, 3.05) is 13.1 Å². The topological polar surface area (TPSA) is 142 Å². The number of carboxylic acids is 1. The summed E-state index contributed by atoms with van der Waals surface area (Å²) < 4.78 is 0. The van der Waals surface area contributed by atoms with Crippen molar-refractivity contribution in [3.63, 3.8) is 0 Å². The van der Waals surface area contributed by atoms with Crippen LogP contribution in [0.15, 0.2) is 0 Å². The Morgan fingerprint density at radius 2 is 1.91 bits per heavy atom. The third-order valence-corrected chi connectivity index (χ3v) is 3.44. The Balaban J connectivity index is 2.45. The van der Waals surface area contributed by atoms with Gasteiger partial charge in [-0.2, -0.15) is 0 Å². The summed E-state index contributed by atoms with van der Waals surface area (Å²) >= 11 is 0. The number of likely N-dealkylation sites (tertiary alicyclic amines) is 1. The van der Waals surface area contributed by atoms with Crippen LogP contribution in [0.2, 0.25) is 0 Å². The van der Waals surface area contributed by atoms with E-state index < -0.39 is 41.8 Å². The van der Waals surface area contributed by atoms with Gasteiger partial charge in [0.05, 0.1) is 12.6 Å². The fourth-order valence-corrected chi connectivity index (χ4v) is 2.15. The number of carbonyl (C=O) groups is 4. The van der Waals surface area contributed by atoms with Crippen molar-refractivity contribution in [3.05, 3.63) is 0 Å². The van der Waals surface area contributed by atoms with Crippen molar-refractivity contribution in [2.45, 2.75) is 44.8 Å². The quantitative estimate of drug-likeness (QED) is 0.448. The van der Waals surface area contributed by atoms with Crippen LogP contribution >= 0.6 is 0 Å². The van der Waals surface area contributed by atoms with Crippen molar-refractivity contribution in [1.29, 1.82) is 0 Å². The van der Waals surface area contributed by atoms with Crippen LogP contribution in [0.5, 0.6) is 0 Å². The predicted molar refractivity (Wildman–Crippen MR) is 76.6 cm³/mol. The largest absolute Gasteiger partial charge is 0.480 e. The molecule has 1 heterocycles. The predicted octanol–water partition coefficient (Wildman–Crippen LogP) is -1.97. The number of rotatable bonds is 6. The highest BCUT2D eigenvalue weighted by Crippen LogP contribution is 2.17. The molecule has 22 heavy (non-hydrogen) atoms. The molecule has 3 amide bonds. The van der Waals surface area contributed by atoms with Gasteiger partial charge in [-0.15, -0.1) is 0 Å². The number of nitrogens with two attached hydrogens (primary N) is 1. The highest BCUT2D eigenvalue weighted by molar-refractivity contribution is 5.92. The fourth-order valence-electron chi connectivity index (χ4n) is 2.15. The summed E-state index contributed by atoms with van der Waals surface area (Å²) in [5.41, 5.74) is 5.37. The van der Waals surface area contributed by atoms with Crippen LogP contribution in [0.4, 0.5) is 0 Å². The maximum atomic E-state index is 12.0. The van der Waals surface area contributed by atoms with Gasteiger partial charge >= 0.3 is 5.97 Å². The first-order valence-corrected chi connectivity index (χ1v) is 7.10. The normalized spacial score (nSPS) is 20.1. The second-order valence-electron chi connectivity index (χ2n) is 5.32. The lowest BCUT2D eigenvalue weighted by Crippen LogP contribution is -2.51. The van der Waals surface area contributed by atoms with Crippen molar-refractivity contribution in [1.82, 2.24) is 15.5 Å². The molecule has 0 spiro atoms. The van der Waals surface area contributed by atoms with Gasteiger partial charge in [0.1, 0.15) is 12.1 Å². The van der Waals surface area contributed by atoms with E-state index in [9.17, 15) is 19.2 Å². The number of aliphatic carboxylic acids is 1. The van der Waals surface area contributed by atoms with Gasteiger partial charge in [0, 0.05) is 6.54 Å². The van der Waals surface area contributed by atoms with E-state index in [1.165, 1.54) is 18.7 Å².